The van der Waals surface area contributed by atoms with Crippen molar-refractivity contribution >= 4 is 19.7 Å². The maximum atomic E-state index is 10.6. The highest BCUT2D eigenvalue weighted by molar-refractivity contribution is 8.13. The van der Waals surface area contributed by atoms with Crippen LogP contribution in [0.1, 0.15) is 32.1 Å². The highest BCUT2D eigenvalue weighted by Crippen LogP contribution is 2.27. The van der Waals surface area contributed by atoms with Crippen LogP contribution in [0.25, 0.3) is 0 Å². The Kier molecular flexibility index (Phi) is 3.19. The molecular formula is C7H13ClO2S. The number of halogens is 1. The van der Waals surface area contributed by atoms with E-state index in [2.05, 4.69) is 0 Å². The van der Waals surface area contributed by atoms with Gasteiger partial charge in [-0.25, -0.2) is 8.42 Å². The largest absolute Gasteiger partial charge is 0.232 e. The van der Waals surface area contributed by atoms with E-state index in [1.54, 1.807) is 0 Å². The van der Waals surface area contributed by atoms with Crippen LogP contribution >= 0.6 is 10.7 Å². The van der Waals surface area contributed by atoms with E-state index in [1.807, 2.05) is 0 Å². The highest BCUT2D eigenvalue weighted by atomic mass is 35.7. The summed E-state index contributed by atoms with van der Waals surface area (Å²) < 4.78 is 21.1. The van der Waals surface area contributed by atoms with Gasteiger partial charge in [0.25, 0.3) is 0 Å². The second-order valence-electron chi connectivity index (χ2n) is 3.18. The summed E-state index contributed by atoms with van der Waals surface area (Å²) >= 11 is 0. The molecule has 0 aliphatic heterocycles. The van der Waals surface area contributed by atoms with Crippen molar-refractivity contribution in [1.29, 1.82) is 0 Å². The normalized spacial score (nSPS) is 20.8. The van der Waals surface area contributed by atoms with Crippen molar-refractivity contribution < 1.29 is 8.42 Å². The molecule has 1 rings (SSSR count). The van der Waals surface area contributed by atoms with Gasteiger partial charge < -0.3 is 0 Å². The first kappa shape index (κ1) is 9.33. The fourth-order valence-electron chi connectivity index (χ4n) is 1.61. The van der Waals surface area contributed by atoms with Crippen LogP contribution in [0, 0.1) is 5.92 Å². The van der Waals surface area contributed by atoms with Gasteiger partial charge in [-0.1, -0.05) is 25.7 Å². The van der Waals surface area contributed by atoms with Crippen molar-refractivity contribution in [3.05, 3.63) is 0 Å². The molecule has 1 saturated carbocycles. The maximum Gasteiger partial charge on any atom is 0.232 e. The molecular weight excluding hydrogens is 184 g/mol. The zero-order valence-electron chi connectivity index (χ0n) is 6.42. The van der Waals surface area contributed by atoms with Gasteiger partial charge in [-0.15, -0.1) is 0 Å². The van der Waals surface area contributed by atoms with Crippen molar-refractivity contribution in [3.63, 3.8) is 0 Å². The predicted molar refractivity (Wildman–Crippen MR) is 46.2 cm³/mol. The molecule has 1 aliphatic carbocycles. The zero-order valence-corrected chi connectivity index (χ0v) is 8.00. The number of hydrogen-bond acceptors (Lipinski definition) is 2. The van der Waals surface area contributed by atoms with Gasteiger partial charge in [0.15, 0.2) is 0 Å². The summed E-state index contributed by atoms with van der Waals surface area (Å²) in [5.74, 6) is 0.766. The topological polar surface area (TPSA) is 34.1 Å². The third-order valence-corrected chi connectivity index (χ3v) is 3.43. The smallest absolute Gasteiger partial charge is 0.212 e. The molecule has 0 aromatic heterocycles. The molecule has 66 valence electrons. The third kappa shape index (κ3) is 3.97. The fraction of sp³-hybridized carbons (Fsp3) is 1.00. The van der Waals surface area contributed by atoms with Gasteiger partial charge >= 0.3 is 0 Å². The van der Waals surface area contributed by atoms with Gasteiger partial charge in [0.05, 0.1) is 5.75 Å². The zero-order chi connectivity index (χ0) is 8.32. The quantitative estimate of drug-likeness (QED) is 0.649. The minimum absolute atomic E-state index is 0.152. The van der Waals surface area contributed by atoms with Crippen molar-refractivity contribution in [2.45, 2.75) is 32.1 Å². The average molecular weight is 197 g/mol. The lowest BCUT2D eigenvalue weighted by molar-refractivity contribution is 0.524. The fourth-order valence-corrected chi connectivity index (χ4v) is 2.49. The Hall–Kier alpha value is 0.240. The van der Waals surface area contributed by atoms with E-state index in [0.29, 0.717) is 5.92 Å². The van der Waals surface area contributed by atoms with E-state index in [-0.39, 0.29) is 5.75 Å². The lowest BCUT2D eigenvalue weighted by Gasteiger charge is -2.04. The molecule has 11 heavy (non-hydrogen) atoms. The Bertz CT molecular complexity index is 204. The van der Waals surface area contributed by atoms with Crippen molar-refractivity contribution in [2.75, 3.05) is 5.75 Å². The molecule has 0 spiro atoms. The van der Waals surface area contributed by atoms with E-state index >= 15 is 0 Å². The van der Waals surface area contributed by atoms with Gasteiger partial charge in [0.1, 0.15) is 0 Å². The summed E-state index contributed by atoms with van der Waals surface area (Å²) in [6, 6.07) is 0. The molecule has 4 heteroatoms. The van der Waals surface area contributed by atoms with Crippen LogP contribution in [0.15, 0.2) is 0 Å². The highest BCUT2D eigenvalue weighted by Gasteiger charge is 2.17. The van der Waals surface area contributed by atoms with E-state index in [0.717, 1.165) is 6.42 Å². The van der Waals surface area contributed by atoms with Gasteiger partial charge in [0.2, 0.25) is 9.05 Å². The van der Waals surface area contributed by atoms with E-state index in [4.69, 9.17) is 10.7 Å². The van der Waals surface area contributed by atoms with E-state index in [9.17, 15) is 8.42 Å². The molecule has 0 aromatic rings. The Balaban J connectivity index is 2.22. The van der Waals surface area contributed by atoms with Crippen LogP contribution in [0.3, 0.4) is 0 Å². The van der Waals surface area contributed by atoms with Crippen LogP contribution in [0.4, 0.5) is 0 Å². The molecule has 2 nitrogen and oxygen atoms in total. The number of hydrogen-bond donors (Lipinski definition) is 0. The minimum atomic E-state index is -3.24. The average Bonchev–Trinajstić information content (AvgIpc) is 2.32. The van der Waals surface area contributed by atoms with E-state index < -0.39 is 9.05 Å². The molecule has 0 amide bonds. The molecule has 0 N–H and O–H groups in total. The van der Waals surface area contributed by atoms with Crippen molar-refractivity contribution in [1.82, 2.24) is 0 Å². The molecule has 0 atom stereocenters. The second kappa shape index (κ2) is 3.76. The molecule has 1 aliphatic rings. The minimum Gasteiger partial charge on any atom is -0.212 e. The van der Waals surface area contributed by atoms with Crippen LogP contribution in [-0.2, 0) is 9.05 Å². The van der Waals surface area contributed by atoms with Crippen molar-refractivity contribution in [2.24, 2.45) is 5.92 Å². The first-order chi connectivity index (χ1) is 5.08. The molecule has 1 fully saturated rings. The maximum absolute atomic E-state index is 10.6. The molecule has 0 radical (unpaired) electrons. The summed E-state index contributed by atoms with van der Waals surface area (Å²) in [5.41, 5.74) is 0. The second-order valence-corrected chi connectivity index (χ2v) is 6.08. The summed E-state index contributed by atoms with van der Waals surface area (Å²) in [5, 5.41) is 0. The summed E-state index contributed by atoms with van der Waals surface area (Å²) in [7, 11) is 1.84. The van der Waals surface area contributed by atoms with Crippen LogP contribution in [0.2, 0.25) is 0 Å². The summed E-state index contributed by atoms with van der Waals surface area (Å²) in [6.45, 7) is 0. The molecule has 0 bridgehead atoms. The Morgan fingerprint density at radius 2 is 1.82 bits per heavy atom. The first-order valence-corrected chi connectivity index (χ1v) is 6.48. The molecule has 0 unspecified atom stereocenters. The molecule has 0 saturated heterocycles. The SMILES string of the molecule is O=S(=O)(Cl)CCC1CCCC1. The molecule has 0 heterocycles. The van der Waals surface area contributed by atoms with Crippen LogP contribution < -0.4 is 0 Å². The van der Waals surface area contributed by atoms with E-state index in [1.165, 1.54) is 25.7 Å². The summed E-state index contributed by atoms with van der Waals surface area (Å²) in [6.07, 6.45) is 5.64. The van der Waals surface area contributed by atoms with Gasteiger partial charge in [0, 0.05) is 10.7 Å². The number of rotatable bonds is 3. The lowest BCUT2D eigenvalue weighted by atomic mass is 10.1. The van der Waals surface area contributed by atoms with Crippen LogP contribution in [-0.4, -0.2) is 14.2 Å². The summed E-state index contributed by atoms with van der Waals surface area (Å²) in [4.78, 5) is 0. The van der Waals surface area contributed by atoms with Crippen molar-refractivity contribution in [3.8, 4) is 0 Å². The van der Waals surface area contributed by atoms with Gasteiger partial charge in [-0.2, -0.15) is 0 Å². The molecule has 0 aromatic carbocycles. The Morgan fingerprint density at radius 3 is 2.27 bits per heavy atom. The lowest BCUT2D eigenvalue weighted by Crippen LogP contribution is -2.03. The Morgan fingerprint density at radius 1 is 1.27 bits per heavy atom. The standard InChI is InChI=1S/C7H13ClO2S/c8-11(9,10)6-5-7-3-1-2-4-7/h7H,1-6H2. The Labute approximate surface area is 72.4 Å². The van der Waals surface area contributed by atoms with Gasteiger partial charge in [-0.05, 0) is 12.3 Å². The van der Waals surface area contributed by atoms with Crippen LogP contribution in [0.5, 0.6) is 0 Å². The first-order valence-electron chi connectivity index (χ1n) is 4.00. The van der Waals surface area contributed by atoms with Gasteiger partial charge in [-0.3, -0.25) is 0 Å². The predicted octanol–water partition coefficient (Wildman–Crippen LogP) is 2.14. The monoisotopic (exact) mass is 196 g/mol. The third-order valence-electron chi connectivity index (χ3n) is 2.24.